The maximum Gasteiger partial charge on any atom is 0.191 e. The molecule has 0 saturated heterocycles. The number of ketones is 1. The van der Waals surface area contributed by atoms with Gasteiger partial charge in [-0.3, -0.25) is 9.28 Å². The molecule has 0 aliphatic carbocycles. The highest BCUT2D eigenvalue weighted by Gasteiger charge is 2.22. The van der Waals surface area contributed by atoms with E-state index in [2.05, 4.69) is 27.0 Å². The van der Waals surface area contributed by atoms with Crippen LogP contribution < -0.4 is 12.4 Å². The number of rotatable bonds is 9. The highest BCUT2D eigenvalue weighted by Crippen LogP contribution is 2.15. The largest absolute Gasteiger partial charge is 1.00 e. The van der Waals surface area contributed by atoms with Crippen LogP contribution in [0.25, 0.3) is 0 Å². The second kappa shape index (κ2) is 10.8. The molecular formula is C18H27Cl2NO. The van der Waals surface area contributed by atoms with Crippen molar-refractivity contribution in [2.45, 2.75) is 40.0 Å². The average molecular weight is 344 g/mol. The van der Waals surface area contributed by atoms with Crippen molar-refractivity contribution in [3.8, 4) is 0 Å². The van der Waals surface area contributed by atoms with Crippen LogP contribution in [-0.4, -0.2) is 29.9 Å². The van der Waals surface area contributed by atoms with Crippen LogP contribution in [0.15, 0.2) is 36.5 Å². The Kier molecular flexibility index (Phi) is 10.4. The molecule has 1 aromatic carbocycles. The molecule has 0 fully saturated rings. The summed E-state index contributed by atoms with van der Waals surface area (Å²) in [6, 6.07) is 7.08. The topological polar surface area (TPSA) is 17.1 Å². The summed E-state index contributed by atoms with van der Waals surface area (Å²) < 4.78 is 0.906. The smallest absolute Gasteiger partial charge is 0.191 e. The summed E-state index contributed by atoms with van der Waals surface area (Å²) in [5, 5.41) is 0.656. The molecule has 0 saturated carbocycles. The zero-order valence-electron chi connectivity index (χ0n) is 13.8. The molecular weight excluding hydrogens is 317 g/mol. The van der Waals surface area contributed by atoms with Gasteiger partial charge in [-0.05, 0) is 43.5 Å². The van der Waals surface area contributed by atoms with Gasteiger partial charge in [0.2, 0.25) is 0 Å². The van der Waals surface area contributed by atoms with Crippen molar-refractivity contribution in [3.63, 3.8) is 0 Å². The Balaban J connectivity index is 0.00000441. The molecule has 0 amide bonds. The Morgan fingerprint density at radius 2 is 1.45 bits per heavy atom. The van der Waals surface area contributed by atoms with E-state index >= 15 is 0 Å². The lowest BCUT2D eigenvalue weighted by molar-refractivity contribution is -0.879. The van der Waals surface area contributed by atoms with Crippen molar-refractivity contribution in [1.82, 2.24) is 0 Å². The predicted octanol–water partition coefficient (Wildman–Crippen LogP) is 2.09. The van der Waals surface area contributed by atoms with Gasteiger partial charge in [0.25, 0.3) is 0 Å². The van der Waals surface area contributed by atoms with Gasteiger partial charge in [0.15, 0.2) is 5.78 Å². The summed E-state index contributed by atoms with van der Waals surface area (Å²) >= 11 is 5.86. The lowest BCUT2D eigenvalue weighted by Crippen LogP contribution is -3.00. The third-order valence-electron chi connectivity index (χ3n) is 3.68. The van der Waals surface area contributed by atoms with E-state index in [-0.39, 0.29) is 18.2 Å². The van der Waals surface area contributed by atoms with E-state index in [1.165, 1.54) is 0 Å². The molecule has 0 aromatic heterocycles. The van der Waals surface area contributed by atoms with Gasteiger partial charge in [-0.15, -0.1) is 0 Å². The van der Waals surface area contributed by atoms with Crippen LogP contribution in [0.4, 0.5) is 0 Å². The first-order chi connectivity index (χ1) is 10.1. The molecule has 1 rings (SSSR count). The molecule has 2 nitrogen and oxygen atoms in total. The fourth-order valence-electron chi connectivity index (χ4n) is 2.83. The van der Waals surface area contributed by atoms with E-state index in [9.17, 15) is 4.79 Å². The number of halogens is 2. The predicted molar refractivity (Wildman–Crippen MR) is 90.7 cm³/mol. The fourth-order valence-corrected chi connectivity index (χ4v) is 2.96. The Labute approximate surface area is 146 Å². The van der Waals surface area contributed by atoms with Crippen molar-refractivity contribution in [2.24, 2.45) is 0 Å². The van der Waals surface area contributed by atoms with Crippen molar-refractivity contribution >= 4 is 17.4 Å². The molecule has 0 radical (unpaired) electrons. The van der Waals surface area contributed by atoms with Crippen LogP contribution in [0.5, 0.6) is 0 Å². The summed E-state index contributed by atoms with van der Waals surface area (Å²) in [6.07, 6.45) is 7.22. The first kappa shape index (κ1) is 21.2. The number of quaternary nitrogens is 1. The van der Waals surface area contributed by atoms with E-state index in [4.69, 9.17) is 11.6 Å². The summed E-state index contributed by atoms with van der Waals surface area (Å²) in [6.45, 7) is 9.87. The zero-order chi connectivity index (χ0) is 15.7. The van der Waals surface area contributed by atoms with Gasteiger partial charge >= 0.3 is 0 Å². The number of nitrogens with zero attached hydrogens (tertiary/aromatic N) is 1. The minimum atomic E-state index is 0. The van der Waals surface area contributed by atoms with Gasteiger partial charge in [0, 0.05) is 16.7 Å². The van der Waals surface area contributed by atoms with Crippen LogP contribution in [0, 0.1) is 0 Å². The molecule has 0 spiro atoms. The number of hydrogen-bond donors (Lipinski definition) is 0. The molecule has 0 atom stereocenters. The van der Waals surface area contributed by atoms with Gasteiger partial charge in [-0.2, -0.15) is 0 Å². The lowest BCUT2D eigenvalue weighted by atomic mass is 10.1. The monoisotopic (exact) mass is 343 g/mol. The standard InChI is InChI=1S/C18H27ClNO.ClH/c1-4-12-20(13-5-2,14-6-3)15-11-18(21)16-7-9-17(19)10-8-16;/h7-11,15H,4-6,12-14H2,1-3H3;1H/q+1;/p-1/b15-11+;. The normalized spacial score (nSPS) is 11.5. The Morgan fingerprint density at radius 3 is 1.86 bits per heavy atom. The zero-order valence-corrected chi connectivity index (χ0v) is 15.3. The Hall–Kier alpha value is -0.830. The van der Waals surface area contributed by atoms with Gasteiger partial charge in [-0.1, -0.05) is 32.4 Å². The molecule has 0 aliphatic heterocycles. The van der Waals surface area contributed by atoms with Crippen molar-refractivity contribution < 1.29 is 21.7 Å². The number of carbonyl (C=O) groups excluding carboxylic acids is 1. The van der Waals surface area contributed by atoms with Crippen LogP contribution in [0.1, 0.15) is 50.4 Å². The maximum absolute atomic E-state index is 12.3. The maximum atomic E-state index is 12.3. The second-order valence-corrected chi connectivity index (χ2v) is 6.01. The average Bonchev–Trinajstić information content (AvgIpc) is 2.46. The molecule has 0 N–H and O–H groups in total. The minimum absolute atomic E-state index is 0. The van der Waals surface area contributed by atoms with E-state index in [0.29, 0.717) is 10.6 Å². The number of allylic oxidation sites excluding steroid dienone is 1. The minimum Gasteiger partial charge on any atom is -1.00 e. The lowest BCUT2D eigenvalue weighted by Gasteiger charge is -2.34. The Morgan fingerprint density at radius 1 is 1.00 bits per heavy atom. The number of hydrogen-bond acceptors (Lipinski definition) is 1. The molecule has 0 unspecified atom stereocenters. The summed E-state index contributed by atoms with van der Waals surface area (Å²) in [4.78, 5) is 12.3. The van der Waals surface area contributed by atoms with Gasteiger partial charge < -0.3 is 12.4 Å². The first-order valence-corrected chi connectivity index (χ1v) is 8.29. The van der Waals surface area contributed by atoms with Crippen molar-refractivity contribution in [3.05, 3.63) is 47.1 Å². The van der Waals surface area contributed by atoms with Gasteiger partial charge in [0.1, 0.15) is 0 Å². The molecule has 4 heteroatoms. The Bertz CT molecular complexity index is 451. The van der Waals surface area contributed by atoms with Gasteiger partial charge in [0.05, 0.1) is 25.8 Å². The van der Waals surface area contributed by atoms with E-state index < -0.39 is 0 Å². The number of carbonyl (C=O) groups is 1. The van der Waals surface area contributed by atoms with Crippen LogP contribution in [0.3, 0.4) is 0 Å². The molecule has 0 heterocycles. The molecule has 22 heavy (non-hydrogen) atoms. The molecule has 1 aromatic rings. The van der Waals surface area contributed by atoms with Crippen molar-refractivity contribution in [2.75, 3.05) is 19.6 Å². The molecule has 124 valence electrons. The van der Waals surface area contributed by atoms with Crippen molar-refractivity contribution in [1.29, 1.82) is 0 Å². The summed E-state index contributed by atoms with van der Waals surface area (Å²) in [7, 11) is 0. The fraction of sp³-hybridized carbons (Fsp3) is 0.500. The van der Waals surface area contributed by atoms with E-state index in [0.717, 1.165) is 43.4 Å². The quantitative estimate of drug-likeness (QED) is 0.381. The third-order valence-corrected chi connectivity index (χ3v) is 3.93. The second-order valence-electron chi connectivity index (χ2n) is 5.58. The van der Waals surface area contributed by atoms with Crippen LogP contribution in [0.2, 0.25) is 5.02 Å². The van der Waals surface area contributed by atoms with Crippen LogP contribution in [-0.2, 0) is 0 Å². The van der Waals surface area contributed by atoms with E-state index in [1.807, 2.05) is 0 Å². The number of benzene rings is 1. The molecule has 0 bridgehead atoms. The molecule has 0 aliphatic rings. The van der Waals surface area contributed by atoms with E-state index in [1.54, 1.807) is 30.3 Å². The first-order valence-electron chi connectivity index (χ1n) is 7.91. The summed E-state index contributed by atoms with van der Waals surface area (Å²) in [5.41, 5.74) is 0.693. The summed E-state index contributed by atoms with van der Waals surface area (Å²) in [5.74, 6) is 0.0532. The highest BCUT2D eigenvalue weighted by molar-refractivity contribution is 6.30. The highest BCUT2D eigenvalue weighted by atomic mass is 35.5. The van der Waals surface area contributed by atoms with Crippen LogP contribution >= 0.6 is 11.6 Å². The SMILES string of the molecule is CCC[N+](/C=C/C(=O)c1ccc(Cl)cc1)(CCC)CCC.[Cl-]. The van der Waals surface area contributed by atoms with Gasteiger partial charge in [-0.25, -0.2) is 0 Å². The third kappa shape index (κ3) is 6.51.